The van der Waals surface area contributed by atoms with Crippen molar-refractivity contribution in [3.8, 4) is 0 Å². The molecule has 2 aromatic heterocycles. The summed E-state index contributed by atoms with van der Waals surface area (Å²) in [4.78, 5) is 19.6. The van der Waals surface area contributed by atoms with Crippen LogP contribution in [0.3, 0.4) is 0 Å². The second kappa shape index (κ2) is 4.85. The quantitative estimate of drug-likeness (QED) is 0.925. The monoisotopic (exact) mass is 266 g/mol. The zero-order chi connectivity index (χ0) is 12.4. The van der Waals surface area contributed by atoms with E-state index >= 15 is 0 Å². The lowest BCUT2D eigenvalue weighted by Gasteiger charge is -1.96. The van der Waals surface area contributed by atoms with E-state index in [0.717, 1.165) is 10.6 Å². The summed E-state index contributed by atoms with van der Waals surface area (Å²) in [6, 6.07) is 3.87. The second-order valence-corrected chi connectivity index (χ2v) is 5.74. The maximum atomic E-state index is 10.9. The van der Waals surface area contributed by atoms with Crippen LogP contribution in [0.4, 0.5) is 0 Å². The normalized spacial score (nSPS) is 10.5. The van der Waals surface area contributed by atoms with Crippen LogP contribution in [0.25, 0.3) is 0 Å². The number of aromatic carboxylic acids is 1. The van der Waals surface area contributed by atoms with Crippen molar-refractivity contribution in [3.63, 3.8) is 0 Å². The zero-order valence-corrected chi connectivity index (χ0v) is 10.9. The van der Waals surface area contributed by atoms with Gasteiger partial charge in [0.05, 0.1) is 5.69 Å². The van der Waals surface area contributed by atoms with Gasteiger partial charge in [0, 0.05) is 6.20 Å². The van der Waals surface area contributed by atoms with Gasteiger partial charge in [0.25, 0.3) is 0 Å². The van der Waals surface area contributed by atoms with Crippen molar-refractivity contribution in [1.82, 2.24) is 9.97 Å². The predicted molar refractivity (Wildman–Crippen MR) is 66.9 cm³/mol. The number of aromatic nitrogens is 2. The summed E-state index contributed by atoms with van der Waals surface area (Å²) < 4.78 is 0.705. The molecule has 0 amide bonds. The zero-order valence-electron chi connectivity index (χ0n) is 9.30. The molecule has 88 valence electrons. The summed E-state index contributed by atoms with van der Waals surface area (Å²) in [5, 5.41) is 9.75. The number of hydrogen-bond acceptors (Lipinski definition) is 5. The lowest BCUT2D eigenvalue weighted by molar-refractivity contribution is 0.0701. The number of aryl methyl sites for hydroxylation is 2. The molecule has 0 spiro atoms. The molecule has 2 rings (SSSR count). The molecule has 0 aliphatic carbocycles. The first kappa shape index (κ1) is 12.1. The molecule has 2 aromatic rings. The number of thiazole rings is 1. The number of hydrogen-bond donors (Lipinski definition) is 1. The van der Waals surface area contributed by atoms with Gasteiger partial charge in [-0.25, -0.2) is 14.8 Å². The molecule has 0 aromatic carbocycles. The maximum Gasteiger partial charge on any atom is 0.347 e. The first-order valence-corrected chi connectivity index (χ1v) is 6.51. The molecule has 0 saturated carbocycles. The summed E-state index contributed by atoms with van der Waals surface area (Å²) in [6.45, 7) is 3.67. The van der Waals surface area contributed by atoms with E-state index in [1.165, 1.54) is 23.1 Å². The number of pyridine rings is 1. The molecule has 0 saturated heterocycles. The Balaban J connectivity index is 2.22. The van der Waals surface area contributed by atoms with Crippen molar-refractivity contribution in [3.05, 3.63) is 34.5 Å². The first-order valence-electron chi connectivity index (χ1n) is 4.87. The van der Waals surface area contributed by atoms with E-state index in [2.05, 4.69) is 9.97 Å². The van der Waals surface area contributed by atoms with Crippen molar-refractivity contribution < 1.29 is 9.90 Å². The van der Waals surface area contributed by atoms with Gasteiger partial charge >= 0.3 is 5.97 Å². The smallest absolute Gasteiger partial charge is 0.347 e. The van der Waals surface area contributed by atoms with E-state index in [0.29, 0.717) is 14.9 Å². The second-order valence-electron chi connectivity index (χ2n) is 3.48. The highest BCUT2D eigenvalue weighted by atomic mass is 32.2. The molecular formula is C11H10N2O2S2. The van der Waals surface area contributed by atoms with Crippen LogP contribution in [0.5, 0.6) is 0 Å². The summed E-state index contributed by atoms with van der Waals surface area (Å²) in [5.41, 5.74) is 1.65. The fourth-order valence-corrected chi connectivity index (χ4v) is 3.13. The van der Waals surface area contributed by atoms with Crippen LogP contribution in [-0.2, 0) is 0 Å². The van der Waals surface area contributed by atoms with Gasteiger partial charge in [0.2, 0.25) is 0 Å². The molecule has 2 heterocycles. The molecule has 0 bridgehead atoms. The minimum absolute atomic E-state index is 0.291. The maximum absolute atomic E-state index is 10.9. The number of nitrogens with zero attached hydrogens (tertiary/aromatic N) is 2. The molecule has 0 radical (unpaired) electrons. The Morgan fingerprint density at radius 3 is 2.71 bits per heavy atom. The minimum Gasteiger partial charge on any atom is -0.477 e. The molecule has 0 fully saturated rings. The topological polar surface area (TPSA) is 63.1 Å². The average Bonchev–Trinajstić information content (AvgIpc) is 2.63. The third-order valence-electron chi connectivity index (χ3n) is 2.05. The number of rotatable bonds is 3. The Kier molecular flexibility index (Phi) is 3.44. The number of carbonyl (C=O) groups is 1. The van der Waals surface area contributed by atoms with Crippen molar-refractivity contribution in [2.24, 2.45) is 0 Å². The Labute approximate surface area is 107 Å². The van der Waals surface area contributed by atoms with E-state index in [-0.39, 0.29) is 0 Å². The molecule has 0 atom stereocenters. The third-order valence-corrected chi connectivity index (χ3v) is 4.20. The van der Waals surface area contributed by atoms with Gasteiger partial charge in [-0.1, -0.05) is 17.4 Å². The first-order chi connectivity index (χ1) is 8.06. The van der Waals surface area contributed by atoms with E-state index in [1.807, 2.05) is 19.1 Å². The highest BCUT2D eigenvalue weighted by Gasteiger charge is 2.14. The van der Waals surface area contributed by atoms with Gasteiger partial charge in [-0.15, -0.1) is 0 Å². The molecule has 4 nitrogen and oxygen atoms in total. The Morgan fingerprint density at radius 2 is 2.18 bits per heavy atom. The number of carboxylic acid groups (broad SMARTS) is 1. The summed E-state index contributed by atoms with van der Waals surface area (Å²) >= 11 is 2.56. The van der Waals surface area contributed by atoms with Crippen molar-refractivity contribution in [1.29, 1.82) is 0 Å². The lowest BCUT2D eigenvalue weighted by Crippen LogP contribution is -1.94. The van der Waals surface area contributed by atoms with Gasteiger partial charge in [-0.3, -0.25) is 0 Å². The van der Waals surface area contributed by atoms with Gasteiger partial charge in [-0.2, -0.15) is 0 Å². The Morgan fingerprint density at radius 1 is 1.41 bits per heavy atom. The highest BCUT2D eigenvalue weighted by molar-refractivity contribution is 8.01. The van der Waals surface area contributed by atoms with Gasteiger partial charge < -0.3 is 5.11 Å². The molecule has 1 N–H and O–H groups in total. The van der Waals surface area contributed by atoms with Crippen LogP contribution < -0.4 is 0 Å². The molecule has 6 heteroatoms. The predicted octanol–water partition coefficient (Wildman–Crippen LogP) is 3.00. The fourth-order valence-electron chi connectivity index (χ4n) is 1.22. The lowest BCUT2D eigenvalue weighted by atomic mass is 10.3. The molecular weight excluding hydrogens is 256 g/mol. The van der Waals surface area contributed by atoms with E-state index in [9.17, 15) is 4.79 Å². The van der Waals surface area contributed by atoms with Crippen LogP contribution in [0.15, 0.2) is 27.7 Å². The molecule has 17 heavy (non-hydrogen) atoms. The summed E-state index contributed by atoms with van der Waals surface area (Å²) in [7, 11) is 0. The van der Waals surface area contributed by atoms with E-state index in [4.69, 9.17) is 5.11 Å². The van der Waals surface area contributed by atoms with Gasteiger partial charge in [0.15, 0.2) is 4.34 Å². The Hall–Kier alpha value is -1.40. The molecule has 0 aliphatic rings. The third kappa shape index (κ3) is 2.83. The summed E-state index contributed by atoms with van der Waals surface area (Å²) in [5.74, 6) is -0.927. The highest BCUT2D eigenvalue weighted by Crippen LogP contribution is 2.31. The fraction of sp³-hybridized carbons (Fsp3) is 0.182. The van der Waals surface area contributed by atoms with Crippen LogP contribution >= 0.6 is 23.1 Å². The molecule has 0 aliphatic heterocycles. The van der Waals surface area contributed by atoms with Crippen molar-refractivity contribution >= 4 is 29.1 Å². The van der Waals surface area contributed by atoms with Crippen LogP contribution in [0.1, 0.15) is 20.9 Å². The van der Waals surface area contributed by atoms with Crippen LogP contribution in [0, 0.1) is 13.8 Å². The van der Waals surface area contributed by atoms with Crippen molar-refractivity contribution in [2.45, 2.75) is 23.2 Å². The number of carboxylic acids is 1. The Bertz CT molecular complexity index is 549. The average molecular weight is 266 g/mol. The van der Waals surface area contributed by atoms with E-state index in [1.54, 1.807) is 13.1 Å². The largest absolute Gasteiger partial charge is 0.477 e. The minimum atomic E-state index is -0.927. The van der Waals surface area contributed by atoms with Crippen LogP contribution in [0.2, 0.25) is 0 Å². The van der Waals surface area contributed by atoms with Gasteiger partial charge in [0.1, 0.15) is 9.90 Å². The van der Waals surface area contributed by atoms with E-state index < -0.39 is 5.97 Å². The molecule has 0 unspecified atom stereocenters. The standard InChI is InChI=1S/C11H10N2O2S2/c1-6-3-4-8(12-5-6)16-11-13-7(2)9(17-11)10(14)15/h3-5H,1-2H3,(H,14,15). The summed E-state index contributed by atoms with van der Waals surface area (Å²) in [6.07, 6.45) is 1.78. The SMILES string of the molecule is Cc1ccc(Sc2nc(C)c(C(=O)O)s2)nc1. The van der Waals surface area contributed by atoms with Crippen LogP contribution in [-0.4, -0.2) is 21.0 Å². The van der Waals surface area contributed by atoms with Gasteiger partial charge in [-0.05, 0) is 37.2 Å². The van der Waals surface area contributed by atoms with Crippen molar-refractivity contribution in [2.75, 3.05) is 0 Å².